The van der Waals surface area contributed by atoms with Crippen molar-refractivity contribution in [3.8, 4) is 0 Å². The summed E-state index contributed by atoms with van der Waals surface area (Å²) in [5, 5.41) is 0. The van der Waals surface area contributed by atoms with Crippen LogP contribution >= 0.6 is 0 Å². The van der Waals surface area contributed by atoms with E-state index < -0.39 is 0 Å². The molecular formula is C8H18N2. The predicted octanol–water partition coefficient (Wildman–Crippen LogP) is 2.31. The number of allylic oxidation sites excluding steroid dienone is 2. The maximum absolute atomic E-state index is 5.03. The fourth-order valence-corrected chi connectivity index (χ4v) is 0.466. The van der Waals surface area contributed by atoms with Crippen LogP contribution in [0.15, 0.2) is 16.8 Å². The van der Waals surface area contributed by atoms with Gasteiger partial charge in [0.15, 0.2) is 0 Å². The minimum Gasteiger partial charge on any atom is -0.390 e. The molecule has 0 aliphatic heterocycles. The first-order valence-electron chi connectivity index (χ1n) is 3.72. The minimum atomic E-state index is 0.981. The van der Waals surface area contributed by atoms with Crippen LogP contribution in [0.2, 0.25) is 0 Å². The van der Waals surface area contributed by atoms with Gasteiger partial charge in [0.05, 0.1) is 6.34 Å². The maximum atomic E-state index is 5.03. The van der Waals surface area contributed by atoms with Gasteiger partial charge in [0.25, 0.3) is 0 Å². The van der Waals surface area contributed by atoms with Gasteiger partial charge in [-0.05, 0) is 13.3 Å². The van der Waals surface area contributed by atoms with Gasteiger partial charge in [0.2, 0.25) is 0 Å². The molecule has 2 N–H and O–H groups in total. The van der Waals surface area contributed by atoms with Gasteiger partial charge in [-0.3, -0.25) is 0 Å². The summed E-state index contributed by atoms with van der Waals surface area (Å²) >= 11 is 0. The molecule has 0 aromatic heterocycles. The molecule has 0 saturated heterocycles. The van der Waals surface area contributed by atoms with Crippen LogP contribution in [0, 0.1) is 0 Å². The Bertz CT molecular complexity index is 104. The molecule has 0 aromatic rings. The Labute approximate surface area is 63.8 Å². The van der Waals surface area contributed by atoms with Crippen LogP contribution in [0.1, 0.15) is 34.1 Å². The lowest BCUT2D eigenvalue weighted by Gasteiger charge is -1.85. The van der Waals surface area contributed by atoms with Crippen molar-refractivity contribution in [1.82, 2.24) is 0 Å². The average molecular weight is 142 g/mol. The number of hydrogen-bond donors (Lipinski definition) is 1. The highest BCUT2D eigenvalue weighted by molar-refractivity contribution is 5.53. The van der Waals surface area contributed by atoms with E-state index in [-0.39, 0.29) is 0 Å². The van der Waals surface area contributed by atoms with Crippen LogP contribution < -0.4 is 5.73 Å². The maximum Gasteiger partial charge on any atom is 0.0855 e. The third-order valence-corrected chi connectivity index (χ3v) is 0.778. The zero-order chi connectivity index (χ0) is 8.41. The Morgan fingerprint density at radius 1 is 1.50 bits per heavy atom. The molecule has 0 atom stereocenters. The second-order valence-corrected chi connectivity index (χ2v) is 1.53. The van der Waals surface area contributed by atoms with E-state index in [2.05, 4.69) is 11.9 Å². The fraction of sp³-hybridized carbons (Fsp3) is 0.625. The van der Waals surface area contributed by atoms with Crippen LogP contribution in [0.5, 0.6) is 0 Å². The summed E-state index contributed by atoms with van der Waals surface area (Å²) in [6.07, 6.45) is 4.34. The molecule has 2 nitrogen and oxygen atoms in total. The zero-order valence-electron chi connectivity index (χ0n) is 7.39. The Morgan fingerprint density at radius 2 is 2.00 bits per heavy atom. The SMILES string of the molecule is CC.CC/C=C(/C)N=CN. The first-order valence-corrected chi connectivity index (χ1v) is 3.72. The fourth-order valence-electron chi connectivity index (χ4n) is 0.466. The lowest BCUT2D eigenvalue weighted by molar-refractivity contribution is 1.16. The third-order valence-electron chi connectivity index (χ3n) is 0.778. The van der Waals surface area contributed by atoms with Crippen LogP contribution in [0.25, 0.3) is 0 Å². The molecule has 10 heavy (non-hydrogen) atoms. The second-order valence-electron chi connectivity index (χ2n) is 1.53. The van der Waals surface area contributed by atoms with Crippen LogP contribution in [0.4, 0.5) is 0 Å². The van der Waals surface area contributed by atoms with E-state index in [1.165, 1.54) is 6.34 Å². The number of aliphatic imine (C=N–C) groups is 1. The monoisotopic (exact) mass is 142 g/mol. The van der Waals surface area contributed by atoms with Crippen molar-refractivity contribution in [3.05, 3.63) is 11.8 Å². The van der Waals surface area contributed by atoms with Gasteiger partial charge in [-0.1, -0.05) is 26.8 Å². The topological polar surface area (TPSA) is 38.4 Å². The standard InChI is InChI=1S/C6H12N2.C2H6/c1-3-4-6(2)8-5-7;1-2/h4-5H,3H2,1-2H3,(H2,7,8);1-2H3/b6-4-;. The smallest absolute Gasteiger partial charge is 0.0855 e. The molecule has 0 fully saturated rings. The molecule has 0 saturated carbocycles. The third kappa shape index (κ3) is 10.2. The Hall–Kier alpha value is -0.790. The predicted molar refractivity (Wildman–Crippen MR) is 48.1 cm³/mol. The summed E-state index contributed by atoms with van der Waals surface area (Å²) in [4.78, 5) is 3.83. The Balaban J connectivity index is 0. The first-order chi connectivity index (χ1) is 4.81. The van der Waals surface area contributed by atoms with E-state index in [4.69, 9.17) is 5.73 Å². The second kappa shape index (κ2) is 11.1. The van der Waals surface area contributed by atoms with E-state index in [0.29, 0.717) is 0 Å². The summed E-state index contributed by atoms with van der Waals surface area (Å²) in [7, 11) is 0. The molecule has 0 bridgehead atoms. The van der Waals surface area contributed by atoms with Gasteiger partial charge < -0.3 is 5.73 Å². The largest absolute Gasteiger partial charge is 0.390 e. The first kappa shape index (κ1) is 11.9. The summed E-state index contributed by atoms with van der Waals surface area (Å²) in [5.74, 6) is 0. The molecule has 2 heteroatoms. The Morgan fingerprint density at radius 3 is 2.30 bits per heavy atom. The van der Waals surface area contributed by atoms with E-state index >= 15 is 0 Å². The lowest BCUT2D eigenvalue weighted by Crippen LogP contribution is -1.87. The number of rotatable bonds is 2. The molecule has 0 aromatic carbocycles. The quantitative estimate of drug-likeness (QED) is 0.466. The number of nitrogens with zero attached hydrogens (tertiary/aromatic N) is 1. The van der Waals surface area contributed by atoms with Crippen molar-refractivity contribution in [2.45, 2.75) is 34.1 Å². The Kier molecular flexibility index (Phi) is 13.2. The van der Waals surface area contributed by atoms with Crippen LogP contribution in [-0.2, 0) is 0 Å². The summed E-state index contributed by atoms with van der Waals surface area (Å²) < 4.78 is 0. The van der Waals surface area contributed by atoms with E-state index in [1.807, 2.05) is 26.8 Å². The van der Waals surface area contributed by atoms with E-state index in [1.54, 1.807) is 0 Å². The highest BCUT2D eigenvalue weighted by atomic mass is 14.8. The van der Waals surface area contributed by atoms with Crippen LogP contribution in [-0.4, -0.2) is 6.34 Å². The summed E-state index contributed by atoms with van der Waals surface area (Å²) in [6, 6.07) is 0. The molecule has 0 rings (SSSR count). The molecule has 60 valence electrons. The van der Waals surface area contributed by atoms with Gasteiger partial charge in [-0.15, -0.1) is 0 Å². The molecule has 0 radical (unpaired) electrons. The van der Waals surface area contributed by atoms with Crippen molar-refractivity contribution in [2.75, 3.05) is 0 Å². The molecule has 0 spiro atoms. The minimum absolute atomic E-state index is 0.981. The lowest BCUT2D eigenvalue weighted by atomic mass is 10.4. The van der Waals surface area contributed by atoms with Gasteiger partial charge in [0.1, 0.15) is 0 Å². The zero-order valence-corrected chi connectivity index (χ0v) is 7.39. The normalized spacial score (nSPS) is 11.0. The van der Waals surface area contributed by atoms with Crippen molar-refractivity contribution in [3.63, 3.8) is 0 Å². The average Bonchev–Trinajstić information content (AvgIpc) is 1.93. The van der Waals surface area contributed by atoms with Crippen LogP contribution in [0.3, 0.4) is 0 Å². The molecule has 0 aliphatic carbocycles. The van der Waals surface area contributed by atoms with Gasteiger partial charge >= 0.3 is 0 Å². The molecule has 0 heterocycles. The summed E-state index contributed by atoms with van der Waals surface area (Å²) in [5.41, 5.74) is 6.01. The molecular weight excluding hydrogens is 124 g/mol. The molecule has 0 amide bonds. The van der Waals surface area contributed by atoms with Gasteiger partial charge in [-0.2, -0.15) is 0 Å². The highest BCUT2D eigenvalue weighted by Gasteiger charge is 1.75. The summed E-state index contributed by atoms with van der Waals surface area (Å²) in [6.45, 7) is 7.99. The van der Waals surface area contributed by atoms with E-state index in [0.717, 1.165) is 12.1 Å². The van der Waals surface area contributed by atoms with Crippen molar-refractivity contribution >= 4 is 6.34 Å². The number of nitrogens with two attached hydrogens (primary N) is 1. The van der Waals surface area contributed by atoms with Crippen molar-refractivity contribution in [1.29, 1.82) is 0 Å². The van der Waals surface area contributed by atoms with E-state index in [9.17, 15) is 0 Å². The molecule has 0 aliphatic rings. The highest BCUT2D eigenvalue weighted by Crippen LogP contribution is 1.93. The van der Waals surface area contributed by atoms with Crippen molar-refractivity contribution in [2.24, 2.45) is 10.7 Å². The van der Waals surface area contributed by atoms with Gasteiger partial charge in [-0.25, -0.2) is 4.99 Å². The van der Waals surface area contributed by atoms with Gasteiger partial charge in [0, 0.05) is 5.70 Å². The molecule has 0 unspecified atom stereocenters. The number of hydrogen-bond acceptors (Lipinski definition) is 1. The van der Waals surface area contributed by atoms with Crippen molar-refractivity contribution < 1.29 is 0 Å².